The van der Waals surface area contributed by atoms with Crippen LogP contribution in [0.5, 0.6) is 0 Å². The molecular formula is C12H22ClN3O3. The van der Waals surface area contributed by atoms with Crippen LogP contribution in [0.3, 0.4) is 0 Å². The zero-order valence-electron chi connectivity index (χ0n) is 11.2. The Bertz CT molecular complexity index is 307. The zero-order valence-corrected chi connectivity index (χ0v) is 12.1. The van der Waals surface area contributed by atoms with Crippen LogP contribution in [-0.2, 0) is 14.4 Å². The first-order valence-electron chi connectivity index (χ1n) is 6.45. The van der Waals surface area contributed by atoms with E-state index in [1.807, 2.05) is 0 Å². The summed E-state index contributed by atoms with van der Waals surface area (Å²) in [6, 6.07) is 0. The quantitative estimate of drug-likeness (QED) is 0.490. The lowest BCUT2D eigenvalue weighted by Crippen LogP contribution is -2.36. The lowest BCUT2D eigenvalue weighted by atomic mass is 10.3. The molecule has 0 aliphatic carbocycles. The molecule has 1 heterocycles. The Kier molecular flexibility index (Phi) is 9.16. The number of amides is 3. The third-order valence-electron chi connectivity index (χ3n) is 2.77. The molecule has 1 aliphatic heterocycles. The van der Waals surface area contributed by atoms with Crippen molar-refractivity contribution >= 4 is 30.1 Å². The van der Waals surface area contributed by atoms with Crippen molar-refractivity contribution in [3.8, 4) is 0 Å². The third kappa shape index (κ3) is 6.54. The van der Waals surface area contributed by atoms with Crippen LogP contribution < -0.4 is 10.6 Å². The molecule has 0 atom stereocenters. The number of hydrogen-bond acceptors (Lipinski definition) is 4. The minimum atomic E-state index is -0.169. The van der Waals surface area contributed by atoms with Crippen molar-refractivity contribution in [1.82, 2.24) is 15.5 Å². The summed E-state index contributed by atoms with van der Waals surface area (Å²) in [6.45, 7) is 4.52. The van der Waals surface area contributed by atoms with E-state index in [-0.39, 0.29) is 55.9 Å². The van der Waals surface area contributed by atoms with Gasteiger partial charge in [0.1, 0.15) is 0 Å². The Balaban J connectivity index is 0.00000324. The van der Waals surface area contributed by atoms with Gasteiger partial charge in [-0.1, -0.05) is 6.92 Å². The summed E-state index contributed by atoms with van der Waals surface area (Å²) in [6.07, 6.45) is 1.81. The van der Waals surface area contributed by atoms with E-state index in [0.29, 0.717) is 6.54 Å². The van der Waals surface area contributed by atoms with Crippen LogP contribution in [-0.4, -0.2) is 48.8 Å². The van der Waals surface area contributed by atoms with Crippen LogP contribution in [0, 0.1) is 0 Å². The van der Waals surface area contributed by atoms with E-state index in [0.717, 1.165) is 19.5 Å². The van der Waals surface area contributed by atoms with Gasteiger partial charge in [-0.15, -0.1) is 12.4 Å². The van der Waals surface area contributed by atoms with Gasteiger partial charge >= 0.3 is 0 Å². The number of halogens is 1. The molecule has 19 heavy (non-hydrogen) atoms. The molecule has 7 heteroatoms. The lowest BCUT2D eigenvalue weighted by Gasteiger charge is -2.13. The SMILES string of the molecule is CCCNCCNC(=O)CCN1C(=O)CCC1=O.Cl. The zero-order chi connectivity index (χ0) is 13.4. The van der Waals surface area contributed by atoms with E-state index in [2.05, 4.69) is 17.6 Å². The summed E-state index contributed by atoms with van der Waals surface area (Å²) in [5, 5.41) is 5.91. The van der Waals surface area contributed by atoms with Crippen LogP contribution in [0.1, 0.15) is 32.6 Å². The summed E-state index contributed by atoms with van der Waals surface area (Å²) in [7, 11) is 0. The maximum atomic E-state index is 11.5. The van der Waals surface area contributed by atoms with E-state index in [9.17, 15) is 14.4 Å². The monoisotopic (exact) mass is 291 g/mol. The molecule has 0 bridgehead atoms. The summed E-state index contributed by atoms with van der Waals surface area (Å²) >= 11 is 0. The summed E-state index contributed by atoms with van der Waals surface area (Å²) in [5.41, 5.74) is 0. The van der Waals surface area contributed by atoms with Gasteiger partial charge < -0.3 is 10.6 Å². The number of rotatable bonds is 8. The molecule has 1 saturated heterocycles. The normalized spacial score (nSPS) is 14.5. The van der Waals surface area contributed by atoms with Crippen LogP contribution >= 0.6 is 12.4 Å². The largest absolute Gasteiger partial charge is 0.355 e. The fourth-order valence-electron chi connectivity index (χ4n) is 1.77. The van der Waals surface area contributed by atoms with Crippen LogP contribution in [0.15, 0.2) is 0 Å². The first kappa shape index (κ1) is 17.9. The molecule has 0 aromatic rings. The molecule has 2 N–H and O–H groups in total. The molecule has 0 radical (unpaired) electrons. The molecule has 0 saturated carbocycles. The van der Waals surface area contributed by atoms with Gasteiger partial charge in [-0.3, -0.25) is 19.3 Å². The maximum Gasteiger partial charge on any atom is 0.229 e. The number of likely N-dealkylation sites (tertiary alicyclic amines) is 1. The van der Waals surface area contributed by atoms with Gasteiger partial charge in [-0.2, -0.15) is 0 Å². The van der Waals surface area contributed by atoms with Crippen molar-refractivity contribution in [3.05, 3.63) is 0 Å². The number of hydrogen-bond donors (Lipinski definition) is 2. The average Bonchev–Trinajstić information content (AvgIpc) is 2.66. The second kappa shape index (κ2) is 9.75. The highest BCUT2D eigenvalue weighted by Crippen LogP contribution is 2.11. The molecule has 1 fully saturated rings. The van der Waals surface area contributed by atoms with Crippen molar-refractivity contribution in [2.45, 2.75) is 32.6 Å². The number of nitrogens with zero attached hydrogens (tertiary/aromatic N) is 1. The Morgan fingerprint density at radius 3 is 2.37 bits per heavy atom. The third-order valence-corrected chi connectivity index (χ3v) is 2.77. The fraction of sp³-hybridized carbons (Fsp3) is 0.750. The lowest BCUT2D eigenvalue weighted by molar-refractivity contribution is -0.138. The van der Waals surface area contributed by atoms with Crippen LogP contribution in [0.2, 0.25) is 0 Å². The number of carbonyl (C=O) groups is 3. The fourth-order valence-corrected chi connectivity index (χ4v) is 1.77. The van der Waals surface area contributed by atoms with E-state index >= 15 is 0 Å². The van der Waals surface area contributed by atoms with Gasteiger partial charge in [-0.05, 0) is 13.0 Å². The first-order valence-corrected chi connectivity index (χ1v) is 6.45. The van der Waals surface area contributed by atoms with Gasteiger partial charge in [0.2, 0.25) is 17.7 Å². The van der Waals surface area contributed by atoms with Crippen LogP contribution in [0.25, 0.3) is 0 Å². The number of imide groups is 1. The van der Waals surface area contributed by atoms with E-state index < -0.39 is 0 Å². The topological polar surface area (TPSA) is 78.5 Å². The summed E-state index contributed by atoms with van der Waals surface area (Å²) < 4.78 is 0. The summed E-state index contributed by atoms with van der Waals surface area (Å²) in [5.74, 6) is -0.462. The van der Waals surface area contributed by atoms with Gasteiger partial charge in [0.15, 0.2) is 0 Å². The van der Waals surface area contributed by atoms with Crippen molar-refractivity contribution in [1.29, 1.82) is 0 Å². The second-order valence-electron chi connectivity index (χ2n) is 4.29. The van der Waals surface area contributed by atoms with Crippen LogP contribution in [0.4, 0.5) is 0 Å². The highest BCUT2D eigenvalue weighted by molar-refractivity contribution is 6.02. The van der Waals surface area contributed by atoms with Gasteiger partial charge in [0.05, 0.1) is 0 Å². The summed E-state index contributed by atoms with van der Waals surface area (Å²) in [4.78, 5) is 35.2. The van der Waals surface area contributed by atoms with Gasteiger partial charge in [0, 0.05) is 38.9 Å². The van der Waals surface area contributed by atoms with Crippen molar-refractivity contribution in [3.63, 3.8) is 0 Å². The Morgan fingerprint density at radius 2 is 1.79 bits per heavy atom. The minimum absolute atomic E-state index is 0. The smallest absolute Gasteiger partial charge is 0.229 e. The van der Waals surface area contributed by atoms with Crippen molar-refractivity contribution in [2.75, 3.05) is 26.2 Å². The maximum absolute atomic E-state index is 11.5. The Labute approximate surface area is 119 Å². The molecule has 110 valence electrons. The molecule has 0 aromatic carbocycles. The molecule has 3 amide bonds. The van der Waals surface area contributed by atoms with E-state index in [1.54, 1.807) is 0 Å². The minimum Gasteiger partial charge on any atom is -0.355 e. The van der Waals surface area contributed by atoms with Crippen molar-refractivity contribution in [2.24, 2.45) is 0 Å². The molecule has 0 spiro atoms. The molecule has 0 aromatic heterocycles. The van der Waals surface area contributed by atoms with Crippen molar-refractivity contribution < 1.29 is 14.4 Å². The average molecular weight is 292 g/mol. The molecular weight excluding hydrogens is 270 g/mol. The molecule has 6 nitrogen and oxygen atoms in total. The second-order valence-corrected chi connectivity index (χ2v) is 4.29. The Hall–Kier alpha value is -1.14. The van der Waals surface area contributed by atoms with Gasteiger partial charge in [0.25, 0.3) is 0 Å². The molecule has 1 rings (SSSR count). The Morgan fingerprint density at radius 1 is 1.16 bits per heavy atom. The first-order chi connectivity index (χ1) is 8.65. The standard InChI is InChI=1S/C12H21N3O3.ClH/c1-2-6-13-7-8-14-10(16)5-9-15-11(17)3-4-12(15)18;/h13H,2-9H2,1H3,(H,14,16);1H. The highest BCUT2D eigenvalue weighted by Gasteiger charge is 2.28. The van der Waals surface area contributed by atoms with Gasteiger partial charge in [-0.25, -0.2) is 0 Å². The van der Waals surface area contributed by atoms with E-state index in [4.69, 9.17) is 0 Å². The highest BCUT2D eigenvalue weighted by atomic mass is 35.5. The molecule has 0 unspecified atom stereocenters. The predicted molar refractivity (Wildman–Crippen MR) is 74.0 cm³/mol. The number of nitrogens with one attached hydrogen (secondary N) is 2. The molecule has 1 aliphatic rings. The van der Waals surface area contributed by atoms with E-state index in [1.165, 1.54) is 4.90 Å². The predicted octanol–water partition coefficient (Wildman–Crippen LogP) is 0.0631. The number of carbonyl (C=O) groups excluding carboxylic acids is 3.